The van der Waals surface area contributed by atoms with Crippen molar-refractivity contribution in [2.75, 3.05) is 19.6 Å². The van der Waals surface area contributed by atoms with Crippen LogP contribution >= 0.6 is 12.4 Å². The van der Waals surface area contributed by atoms with E-state index in [1.54, 1.807) is 4.90 Å². The smallest absolute Gasteiger partial charge is 0.236 e. The minimum Gasteiger partial charge on any atom is -0.342 e. The van der Waals surface area contributed by atoms with Crippen LogP contribution in [0, 0.1) is 6.92 Å². The molecule has 102 valence electrons. The van der Waals surface area contributed by atoms with Gasteiger partial charge in [-0.05, 0) is 19.8 Å². The van der Waals surface area contributed by atoms with E-state index in [0.717, 1.165) is 12.8 Å². The van der Waals surface area contributed by atoms with E-state index in [0.29, 0.717) is 24.8 Å². The number of amides is 1. The van der Waals surface area contributed by atoms with E-state index >= 15 is 0 Å². The molecule has 0 aliphatic carbocycles. The molecule has 2 heterocycles. The highest BCUT2D eigenvalue weighted by atomic mass is 35.5. The molecule has 6 nitrogen and oxygen atoms in total. The predicted octanol–water partition coefficient (Wildman–Crippen LogP) is 0.639. The first-order chi connectivity index (χ1) is 8.05. The van der Waals surface area contributed by atoms with Gasteiger partial charge in [-0.2, -0.15) is 4.98 Å². The van der Waals surface area contributed by atoms with Crippen molar-refractivity contribution in [3.63, 3.8) is 0 Å². The van der Waals surface area contributed by atoms with Gasteiger partial charge in [-0.25, -0.2) is 0 Å². The van der Waals surface area contributed by atoms with Crippen LogP contribution in [0.25, 0.3) is 0 Å². The van der Waals surface area contributed by atoms with E-state index in [1.807, 2.05) is 6.92 Å². The molecular weight excluding hydrogens is 256 g/mol. The van der Waals surface area contributed by atoms with Crippen molar-refractivity contribution in [2.45, 2.75) is 32.1 Å². The van der Waals surface area contributed by atoms with Crippen molar-refractivity contribution in [1.82, 2.24) is 15.0 Å². The Morgan fingerprint density at radius 2 is 2.11 bits per heavy atom. The van der Waals surface area contributed by atoms with Crippen LogP contribution < -0.4 is 5.73 Å². The van der Waals surface area contributed by atoms with E-state index < -0.39 is 0 Å². The Hall–Kier alpha value is -1.14. The minimum atomic E-state index is -0.118. The van der Waals surface area contributed by atoms with Crippen LogP contribution in [0.4, 0.5) is 0 Å². The molecule has 2 rings (SSSR count). The molecule has 1 fully saturated rings. The quantitative estimate of drug-likeness (QED) is 0.855. The van der Waals surface area contributed by atoms with E-state index in [4.69, 9.17) is 10.3 Å². The Labute approximate surface area is 112 Å². The average molecular weight is 275 g/mol. The van der Waals surface area contributed by atoms with Gasteiger partial charge in [0.2, 0.25) is 11.8 Å². The van der Waals surface area contributed by atoms with Gasteiger partial charge in [-0.15, -0.1) is 12.4 Å². The summed E-state index contributed by atoms with van der Waals surface area (Å²) in [7, 11) is 0. The first-order valence-corrected chi connectivity index (χ1v) is 5.84. The SMILES string of the molecule is Cc1noc(C2(C)CCN(C(=O)CN)CC2)n1.Cl. The molecule has 0 saturated carbocycles. The summed E-state index contributed by atoms with van der Waals surface area (Å²) in [5, 5.41) is 3.82. The van der Waals surface area contributed by atoms with Crippen molar-refractivity contribution in [3.8, 4) is 0 Å². The molecule has 1 aliphatic rings. The molecule has 0 spiro atoms. The number of carbonyl (C=O) groups excluding carboxylic acids is 1. The Bertz CT molecular complexity index is 413. The number of likely N-dealkylation sites (tertiary alicyclic amines) is 1. The van der Waals surface area contributed by atoms with Gasteiger partial charge in [0.15, 0.2) is 5.82 Å². The summed E-state index contributed by atoms with van der Waals surface area (Å²) in [5.41, 5.74) is 5.23. The summed E-state index contributed by atoms with van der Waals surface area (Å²) in [6, 6.07) is 0. The van der Waals surface area contributed by atoms with E-state index in [-0.39, 0.29) is 30.3 Å². The van der Waals surface area contributed by atoms with Gasteiger partial charge >= 0.3 is 0 Å². The number of hydrogen-bond acceptors (Lipinski definition) is 5. The number of aromatic nitrogens is 2. The first-order valence-electron chi connectivity index (χ1n) is 5.84. The third-order valence-corrected chi connectivity index (χ3v) is 3.44. The highest BCUT2D eigenvalue weighted by Gasteiger charge is 2.37. The molecule has 1 aromatic heterocycles. The topological polar surface area (TPSA) is 85.2 Å². The maximum Gasteiger partial charge on any atom is 0.236 e. The summed E-state index contributed by atoms with van der Waals surface area (Å²) in [6.07, 6.45) is 1.67. The standard InChI is InChI=1S/C11H18N4O2.ClH/c1-8-13-10(17-14-8)11(2)3-5-15(6-4-11)9(16)7-12;/h3-7,12H2,1-2H3;1H. The Morgan fingerprint density at radius 1 is 1.50 bits per heavy atom. The van der Waals surface area contributed by atoms with Crippen LogP contribution in [0.5, 0.6) is 0 Å². The van der Waals surface area contributed by atoms with Crippen LogP contribution in [0.1, 0.15) is 31.5 Å². The zero-order valence-corrected chi connectivity index (χ0v) is 11.5. The van der Waals surface area contributed by atoms with E-state index in [1.165, 1.54) is 0 Å². The molecule has 0 atom stereocenters. The number of nitrogens with two attached hydrogens (primary N) is 1. The molecule has 1 aliphatic heterocycles. The van der Waals surface area contributed by atoms with Gasteiger partial charge in [0, 0.05) is 13.1 Å². The minimum absolute atomic E-state index is 0. The second kappa shape index (κ2) is 5.67. The van der Waals surface area contributed by atoms with Crippen LogP contribution in [0.3, 0.4) is 0 Å². The molecular formula is C11H19ClN4O2. The lowest BCUT2D eigenvalue weighted by Gasteiger charge is -2.36. The van der Waals surface area contributed by atoms with Crippen molar-refractivity contribution in [2.24, 2.45) is 5.73 Å². The summed E-state index contributed by atoms with van der Waals surface area (Å²) in [4.78, 5) is 17.6. The molecule has 7 heteroatoms. The lowest BCUT2D eigenvalue weighted by Crippen LogP contribution is -2.46. The molecule has 0 radical (unpaired) electrons. The fourth-order valence-corrected chi connectivity index (χ4v) is 2.13. The van der Waals surface area contributed by atoms with Gasteiger partial charge in [-0.3, -0.25) is 4.79 Å². The van der Waals surface area contributed by atoms with Crippen molar-refractivity contribution >= 4 is 18.3 Å². The van der Waals surface area contributed by atoms with Crippen LogP contribution in [-0.2, 0) is 10.2 Å². The van der Waals surface area contributed by atoms with Crippen LogP contribution in [-0.4, -0.2) is 40.6 Å². The molecule has 0 aromatic carbocycles. The maximum absolute atomic E-state index is 11.5. The van der Waals surface area contributed by atoms with Crippen LogP contribution in [0.2, 0.25) is 0 Å². The molecule has 1 amide bonds. The largest absolute Gasteiger partial charge is 0.342 e. The summed E-state index contributed by atoms with van der Waals surface area (Å²) < 4.78 is 5.24. The third kappa shape index (κ3) is 2.81. The Balaban J connectivity index is 0.00000162. The van der Waals surface area contributed by atoms with Gasteiger partial charge in [0.1, 0.15) is 0 Å². The fraction of sp³-hybridized carbons (Fsp3) is 0.727. The summed E-state index contributed by atoms with van der Waals surface area (Å²) in [6.45, 7) is 5.39. The number of carbonyl (C=O) groups is 1. The third-order valence-electron chi connectivity index (χ3n) is 3.44. The average Bonchev–Trinajstić information content (AvgIpc) is 2.77. The second-order valence-electron chi connectivity index (χ2n) is 4.79. The van der Waals surface area contributed by atoms with Crippen molar-refractivity contribution in [1.29, 1.82) is 0 Å². The molecule has 0 bridgehead atoms. The first kappa shape index (κ1) is 14.9. The molecule has 0 unspecified atom stereocenters. The Kier molecular flexibility index (Phi) is 4.70. The van der Waals surface area contributed by atoms with Gasteiger partial charge < -0.3 is 15.2 Å². The number of piperidine rings is 1. The Morgan fingerprint density at radius 3 is 2.56 bits per heavy atom. The van der Waals surface area contributed by atoms with E-state index in [9.17, 15) is 4.79 Å². The maximum atomic E-state index is 11.5. The van der Waals surface area contributed by atoms with Crippen molar-refractivity contribution in [3.05, 3.63) is 11.7 Å². The number of aryl methyl sites for hydroxylation is 1. The number of halogens is 1. The van der Waals surface area contributed by atoms with Gasteiger partial charge in [0.25, 0.3) is 0 Å². The molecule has 1 aromatic rings. The van der Waals surface area contributed by atoms with Gasteiger partial charge in [0.05, 0.1) is 12.0 Å². The predicted molar refractivity (Wildman–Crippen MR) is 68.5 cm³/mol. The summed E-state index contributed by atoms with van der Waals surface area (Å²) >= 11 is 0. The zero-order chi connectivity index (χ0) is 12.5. The van der Waals surface area contributed by atoms with Crippen molar-refractivity contribution < 1.29 is 9.32 Å². The number of rotatable bonds is 2. The molecule has 1 saturated heterocycles. The number of nitrogens with zero attached hydrogens (tertiary/aromatic N) is 3. The van der Waals surface area contributed by atoms with E-state index in [2.05, 4.69) is 17.1 Å². The molecule has 18 heavy (non-hydrogen) atoms. The second-order valence-corrected chi connectivity index (χ2v) is 4.79. The number of hydrogen-bond donors (Lipinski definition) is 1. The van der Waals surface area contributed by atoms with Crippen LogP contribution in [0.15, 0.2) is 4.52 Å². The molecule has 2 N–H and O–H groups in total. The summed E-state index contributed by atoms with van der Waals surface area (Å²) in [5.74, 6) is 1.34. The monoisotopic (exact) mass is 274 g/mol. The lowest BCUT2D eigenvalue weighted by atomic mass is 9.80. The lowest BCUT2D eigenvalue weighted by molar-refractivity contribution is -0.131. The highest BCUT2D eigenvalue weighted by molar-refractivity contribution is 5.85. The van der Waals surface area contributed by atoms with Gasteiger partial charge in [-0.1, -0.05) is 12.1 Å². The normalized spacial score (nSPS) is 18.3. The fourth-order valence-electron chi connectivity index (χ4n) is 2.13. The zero-order valence-electron chi connectivity index (χ0n) is 10.7. The highest BCUT2D eigenvalue weighted by Crippen LogP contribution is 2.33.